The van der Waals surface area contributed by atoms with E-state index >= 15 is 0 Å². The lowest BCUT2D eigenvalue weighted by Crippen LogP contribution is -1.94. The number of halogens is 1. The Morgan fingerprint density at radius 1 is 1.29 bits per heavy atom. The lowest BCUT2D eigenvalue weighted by atomic mass is 10.1. The van der Waals surface area contributed by atoms with Gasteiger partial charge in [-0.3, -0.25) is 0 Å². The Morgan fingerprint density at radius 2 is 2.00 bits per heavy atom. The molecule has 14 heavy (non-hydrogen) atoms. The second kappa shape index (κ2) is 4.37. The van der Waals surface area contributed by atoms with Crippen LogP contribution in [0, 0.1) is 2.88 Å². The minimum atomic E-state index is 0.593. The molecule has 0 spiro atoms. The highest BCUT2D eigenvalue weighted by Gasteiger charge is 2.02. The number of nitrogens with zero attached hydrogens (tertiary/aromatic N) is 1. The zero-order valence-corrected chi connectivity index (χ0v) is 10.4. The summed E-state index contributed by atoms with van der Waals surface area (Å²) in [5, 5.41) is 1.07. The van der Waals surface area contributed by atoms with E-state index in [-0.39, 0.29) is 0 Å². The molecule has 0 aliphatic heterocycles. The SMILES string of the molecule is NCc1ccc(-c2ncc(I)s2)cc1. The topological polar surface area (TPSA) is 38.9 Å². The summed E-state index contributed by atoms with van der Waals surface area (Å²) in [6.07, 6.45) is 1.89. The number of aromatic nitrogens is 1. The average molecular weight is 316 g/mol. The van der Waals surface area contributed by atoms with Gasteiger partial charge in [0.05, 0.1) is 9.08 Å². The maximum Gasteiger partial charge on any atom is 0.124 e. The van der Waals surface area contributed by atoms with Crippen molar-refractivity contribution in [3.8, 4) is 10.6 Å². The molecule has 0 atom stereocenters. The standard InChI is InChI=1S/C10H9IN2S/c11-9-6-13-10(14-9)8-3-1-7(5-12)2-4-8/h1-4,6H,5,12H2. The van der Waals surface area contributed by atoms with Crippen LogP contribution in [0.1, 0.15) is 5.56 Å². The van der Waals surface area contributed by atoms with Gasteiger partial charge in [0, 0.05) is 12.1 Å². The normalized spacial score (nSPS) is 10.4. The van der Waals surface area contributed by atoms with Gasteiger partial charge in [0.25, 0.3) is 0 Å². The molecule has 0 radical (unpaired) electrons. The van der Waals surface area contributed by atoms with E-state index in [0.29, 0.717) is 6.54 Å². The molecule has 4 heteroatoms. The first-order chi connectivity index (χ1) is 6.79. The monoisotopic (exact) mass is 316 g/mol. The molecule has 2 aromatic rings. The summed E-state index contributed by atoms with van der Waals surface area (Å²) < 4.78 is 1.21. The minimum absolute atomic E-state index is 0.593. The van der Waals surface area contributed by atoms with Crippen LogP contribution < -0.4 is 5.73 Å². The van der Waals surface area contributed by atoms with Gasteiger partial charge in [-0.2, -0.15) is 0 Å². The molecule has 0 aliphatic carbocycles. The largest absolute Gasteiger partial charge is 0.326 e. The predicted molar refractivity (Wildman–Crippen MR) is 68.2 cm³/mol. The highest BCUT2D eigenvalue weighted by Crippen LogP contribution is 2.25. The van der Waals surface area contributed by atoms with Crippen molar-refractivity contribution in [1.29, 1.82) is 0 Å². The van der Waals surface area contributed by atoms with Gasteiger partial charge < -0.3 is 5.73 Å². The lowest BCUT2D eigenvalue weighted by Gasteiger charge is -1.98. The van der Waals surface area contributed by atoms with Gasteiger partial charge >= 0.3 is 0 Å². The maximum absolute atomic E-state index is 5.53. The molecule has 0 unspecified atom stereocenters. The molecule has 0 saturated heterocycles. The van der Waals surface area contributed by atoms with Crippen molar-refractivity contribution in [2.24, 2.45) is 5.73 Å². The first kappa shape index (κ1) is 10.1. The van der Waals surface area contributed by atoms with Crippen LogP contribution >= 0.6 is 33.9 Å². The minimum Gasteiger partial charge on any atom is -0.326 e. The molecule has 1 aromatic heterocycles. The van der Waals surface area contributed by atoms with E-state index in [1.165, 1.54) is 2.88 Å². The molecule has 72 valence electrons. The number of rotatable bonds is 2. The summed E-state index contributed by atoms with van der Waals surface area (Å²) in [6, 6.07) is 8.22. The van der Waals surface area contributed by atoms with E-state index < -0.39 is 0 Å². The van der Waals surface area contributed by atoms with Crippen molar-refractivity contribution < 1.29 is 0 Å². The Kier molecular flexibility index (Phi) is 3.15. The Bertz CT molecular complexity index is 422. The van der Waals surface area contributed by atoms with Gasteiger partial charge in [0.15, 0.2) is 0 Å². The van der Waals surface area contributed by atoms with Crippen molar-refractivity contribution in [1.82, 2.24) is 4.98 Å². The molecule has 1 aromatic carbocycles. The van der Waals surface area contributed by atoms with Crippen LogP contribution in [0.5, 0.6) is 0 Å². The van der Waals surface area contributed by atoms with E-state index in [1.54, 1.807) is 11.3 Å². The van der Waals surface area contributed by atoms with Gasteiger partial charge in [0.2, 0.25) is 0 Å². The molecule has 0 fully saturated rings. The van der Waals surface area contributed by atoms with Crippen molar-refractivity contribution in [3.05, 3.63) is 38.9 Å². The molecule has 0 amide bonds. The van der Waals surface area contributed by atoms with Crippen molar-refractivity contribution in [2.45, 2.75) is 6.54 Å². The number of thiazole rings is 1. The fourth-order valence-corrected chi connectivity index (χ4v) is 2.59. The van der Waals surface area contributed by atoms with Crippen LogP contribution in [-0.2, 0) is 6.54 Å². The molecular weight excluding hydrogens is 307 g/mol. The summed E-state index contributed by atoms with van der Waals surface area (Å²) in [7, 11) is 0. The van der Waals surface area contributed by atoms with Crippen LogP contribution in [0.15, 0.2) is 30.5 Å². The Labute approximate surface area is 100 Å². The van der Waals surface area contributed by atoms with Gasteiger partial charge in [-0.05, 0) is 28.2 Å². The molecule has 2 rings (SSSR count). The van der Waals surface area contributed by atoms with E-state index in [1.807, 2.05) is 18.3 Å². The molecule has 2 N–H and O–H groups in total. The first-order valence-electron chi connectivity index (χ1n) is 4.20. The third-order valence-electron chi connectivity index (χ3n) is 1.91. The summed E-state index contributed by atoms with van der Waals surface area (Å²) in [5.41, 5.74) is 7.84. The van der Waals surface area contributed by atoms with Crippen molar-refractivity contribution >= 4 is 33.9 Å². The second-order valence-corrected chi connectivity index (χ2v) is 5.80. The third-order valence-corrected chi connectivity index (χ3v) is 3.69. The zero-order chi connectivity index (χ0) is 9.97. The number of nitrogens with two attached hydrogens (primary N) is 1. The van der Waals surface area contributed by atoms with Gasteiger partial charge in [-0.15, -0.1) is 11.3 Å². The third kappa shape index (κ3) is 2.13. The van der Waals surface area contributed by atoms with E-state index in [2.05, 4.69) is 39.7 Å². The number of hydrogen-bond donors (Lipinski definition) is 1. The predicted octanol–water partition coefficient (Wildman–Crippen LogP) is 2.87. The smallest absolute Gasteiger partial charge is 0.124 e. The zero-order valence-electron chi connectivity index (χ0n) is 7.40. The fraction of sp³-hybridized carbons (Fsp3) is 0.100. The van der Waals surface area contributed by atoms with E-state index in [0.717, 1.165) is 16.1 Å². The van der Waals surface area contributed by atoms with Crippen LogP contribution in [0.2, 0.25) is 0 Å². The summed E-state index contributed by atoms with van der Waals surface area (Å²) >= 11 is 3.98. The number of hydrogen-bond acceptors (Lipinski definition) is 3. The average Bonchev–Trinajstić information content (AvgIpc) is 2.65. The van der Waals surface area contributed by atoms with E-state index in [4.69, 9.17) is 5.73 Å². The van der Waals surface area contributed by atoms with Crippen molar-refractivity contribution in [3.63, 3.8) is 0 Å². The highest BCUT2D eigenvalue weighted by atomic mass is 127. The molecule has 0 saturated carbocycles. The second-order valence-electron chi connectivity index (χ2n) is 2.87. The van der Waals surface area contributed by atoms with Crippen LogP contribution in [-0.4, -0.2) is 4.98 Å². The first-order valence-corrected chi connectivity index (χ1v) is 6.10. The van der Waals surface area contributed by atoms with Crippen molar-refractivity contribution in [2.75, 3.05) is 0 Å². The lowest BCUT2D eigenvalue weighted by molar-refractivity contribution is 1.07. The summed E-state index contributed by atoms with van der Waals surface area (Å²) in [5.74, 6) is 0. The molecule has 1 heterocycles. The van der Waals surface area contributed by atoms with Crippen LogP contribution in [0.3, 0.4) is 0 Å². The van der Waals surface area contributed by atoms with Crippen LogP contribution in [0.4, 0.5) is 0 Å². The Hall–Kier alpha value is -0.460. The molecular formula is C10H9IN2S. The summed E-state index contributed by atoms with van der Waals surface area (Å²) in [6.45, 7) is 0.593. The highest BCUT2D eigenvalue weighted by molar-refractivity contribution is 14.1. The maximum atomic E-state index is 5.53. The Balaban J connectivity index is 2.33. The number of benzene rings is 1. The quantitative estimate of drug-likeness (QED) is 0.865. The molecule has 0 aliphatic rings. The molecule has 2 nitrogen and oxygen atoms in total. The fourth-order valence-electron chi connectivity index (χ4n) is 1.17. The molecule has 0 bridgehead atoms. The Morgan fingerprint density at radius 3 is 2.50 bits per heavy atom. The van der Waals surface area contributed by atoms with Crippen LogP contribution in [0.25, 0.3) is 10.6 Å². The van der Waals surface area contributed by atoms with Gasteiger partial charge in [-0.25, -0.2) is 4.98 Å². The van der Waals surface area contributed by atoms with Gasteiger partial charge in [0.1, 0.15) is 5.01 Å². The van der Waals surface area contributed by atoms with E-state index in [9.17, 15) is 0 Å². The van der Waals surface area contributed by atoms with Gasteiger partial charge in [-0.1, -0.05) is 24.3 Å². The summed E-state index contributed by atoms with van der Waals surface area (Å²) in [4.78, 5) is 4.32.